The van der Waals surface area contributed by atoms with Crippen LogP contribution < -0.4 is 0 Å². The number of unbranched alkanes of at least 4 members (excludes halogenated alkanes) is 3. The predicted molar refractivity (Wildman–Crippen MR) is 61.5 cm³/mol. The predicted octanol–water partition coefficient (Wildman–Crippen LogP) is 2.86. The number of thioether (sulfide) groups is 1. The third kappa shape index (κ3) is 10.7. The average molecular weight is 208 g/mol. The number of ether oxygens (including phenoxy) is 1. The summed E-state index contributed by atoms with van der Waals surface area (Å²) in [6.45, 7) is 0.890. The van der Waals surface area contributed by atoms with Crippen LogP contribution in [0.1, 0.15) is 25.7 Å². The van der Waals surface area contributed by atoms with E-state index in [2.05, 4.69) is 12.6 Å². The highest BCUT2D eigenvalue weighted by molar-refractivity contribution is 7.99. The number of thiol groups is 1. The Morgan fingerprint density at radius 3 is 2.50 bits per heavy atom. The monoisotopic (exact) mass is 208 g/mol. The van der Waals surface area contributed by atoms with Crippen molar-refractivity contribution in [1.82, 2.24) is 0 Å². The second-order valence-electron chi connectivity index (χ2n) is 2.74. The summed E-state index contributed by atoms with van der Waals surface area (Å²) in [5.41, 5.74) is 0. The van der Waals surface area contributed by atoms with E-state index in [1.807, 2.05) is 11.8 Å². The lowest BCUT2D eigenvalue weighted by atomic mass is 10.2. The Morgan fingerprint density at radius 2 is 1.83 bits per heavy atom. The van der Waals surface area contributed by atoms with Gasteiger partial charge in [-0.2, -0.15) is 24.4 Å². The van der Waals surface area contributed by atoms with E-state index in [-0.39, 0.29) is 0 Å². The lowest BCUT2D eigenvalue weighted by Crippen LogP contribution is -1.92. The SMILES string of the molecule is COCCSCCCCCCS. The molecular weight excluding hydrogens is 188 g/mol. The third-order valence-corrected chi connectivity index (χ3v) is 2.98. The molecule has 0 bridgehead atoms. The zero-order chi connectivity index (χ0) is 9.07. The highest BCUT2D eigenvalue weighted by Gasteiger charge is 1.90. The molecule has 0 saturated carbocycles. The Kier molecular flexibility index (Phi) is 12.3. The van der Waals surface area contributed by atoms with Crippen LogP contribution in [0.25, 0.3) is 0 Å². The molecule has 0 aromatic heterocycles. The van der Waals surface area contributed by atoms with Crippen molar-refractivity contribution in [3.8, 4) is 0 Å². The van der Waals surface area contributed by atoms with Crippen LogP contribution in [-0.4, -0.2) is 31.0 Å². The molecule has 0 unspecified atom stereocenters. The number of methoxy groups -OCH3 is 1. The Bertz CT molecular complexity index is 68.9. The van der Waals surface area contributed by atoms with Gasteiger partial charge >= 0.3 is 0 Å². The first-order valence-corrected chi connectivity index (χ1v) is 6.38. The van der Waals surface area contributed by atoms with Crippen LogP contribution in [0.4, 0.5) is 0 Å². The minimum atomic E-state index is 0.890. The zero-order valence-electron chi connectivity index (χ0n) is 7.92. The van der Waals surface area contributed by atoms with E-state index in [4.69, 9.17) is 4.74 Å². The van der Waals surface area contributed by atoms with Gasteiger partial charge in [-0.05, 0) is 24.3 Å². The highest BCUT2D eigenvalue weighted by Crippen LogP contribution is 2.07. The molecule has 0 spiro atoms. The van der Waals surface area contributed by atoms with Gasteiger partial charge < -0.3 is 4.74 Å². The molecule has 74 valence electrons. The molecule has 0 aliphatic heterocycles. The van der Waals surface area contributed by atoms with Crippen LogP contribution in [0.5, 0.6) is 0 Å². The number of rotatable bonds is 9. The van der Waals surface area contributed by atoms with Crippen LogP contribution in [0.3, 0.4) is 0 Å². The molecule has 0 saturated heterocycles. The summed E-state index contributed by atoms with van der Waals surface area (Å²) in [6.07, 6.45) is 5.32. The summed E-state index contributed by atoms with van der Waals surface area (Å²) in [7, 11) is 1.76. The molecule has 0 heterocycles. The fourth-order valence-electron chi connectivity index (χ4n) is 0.914. The molecule has 0 aliphatic rings. The van der Waals surface area contributed by atoms with Crippen LogP contribution >= 0.6 is 24.4 Å². The summed E-state index contributed by atoms with van der Waals surface area (Å²) < 4.78 is 4.96. The normalized spacial score (nSPS) is 10.5. The van der Waals surface area contributed by atoms with Crippen LogP contribution in [0.2, 0.25) is 0 Å². The van der Waals surface area contributed by atoms with Gasteiger partial charge in [-0.1, -0.05) is 12.8 Å². The van der Waals surface area contributed by atoms with Crippen molar-refractivity contribution in [3.05, 3.63) is 0 Å². The second-order valence-corrected chi connectivity index (χ2v) is 4.41. The van der Waals surface area contributed by atoms with E-state index in [1.54, 1.807) is 7.11 Å². The summed E-state index contributed by atoms with van der Waals surface area (Å²) in [6, 6.07) is 0. The van der Waals surface area contributed by atoms with E-state index in [9.17, 15) is 0 Å². The van der Waals surface area contributed by atoms with Gasteiger partial charge in [-0.15, -0.1) is 0 Å². The van der Waals surface area contributed by atoms with Crippen molar-refractivity contribution in [2.75, 3.05) is 31.0 Å². The van der Waals surface area contributed by atoms with Gasteiger partial charge in [-0.3, -0.25) is 0 Å². The standard InChI is InChI=1S/C9H20OS2/c1-10-6-9-12-8-5-3-2-4-7-11/h11H,2-9H2,1H3. The van der Waals surface area contributed by atoms with E-state index in [1.165, 1.54) is 31.4 Å². The summed E-state index contributed by atoms with van der Waals surface area (Å²) in [5.74, 6) is 3.47. The van der Waals surface area contributed by atoms with Crippen molar-refractivity contribution in [2.45, 2.75) is 25.7 Å². The molecule has 0 fully saturated rings. The maximum atomic E-state index is 4.96. The molecule has 0 atom stereocenters. The van der Waals surface area contributed by atoms with Gasteiger partial charge in [0.05, 0.1) is 6.61 Å². The van der Waals surface area contributed by atoms with Crippen molar-refractivity contribution in [1.29, 1.82) is 0 Å². The first kappa shape index (κ1) is 12.7. The Morgan fingerprint density at radius 1 is 1.08 bits per heavy atom. The van der Waals surface area contributed by atoms with Crippen molar-refractivity contribution in [2.24, 2.45) is 0 Å². The Hall–Kier alpha value is 0.660. The van der Waals surface area contributed by atoms with Gasteiger partial charge in [0.25, 0.3) is 0 Å². The average Bonchev–Trinajstić information content (AvgIpc) is 2.10. The summed E-state index contributed by atoms with van der Waals surface area (Å²) >= 11 is 6.16. The summed E-state index contributed by atoms with van der Waals surface area (Å²) in [5, 5.41) is 0. The van der Waals surface area contributed by atoms with Crippen LogP contribution in [0.15, 0.2) is 0 Å². The maximum absolute atomic E-state index is 4.96. The maximum Gasteiger partial charge on any atom is 0.0552 e. The van der Waals surface area contributed by atoms with E-state index in [0.29, 0.717) is 0 Å². The molecule has 0 rings (SSSR count). The van der Waals surface area contributed by atoms with E-state index >= 15 is 0 Å². The minimum Gasteiger partial charge on any atom is -0.384 e. The molecular formula is C9H20OS2. The molecule has 0 N–H and O–H groups in total. The fourth-order valence-corrected chi connectivity index (χ4v) is 2.03. The quantitative estimate of drug-likeness (QED) is 0.461. The minimum absolute atomic E-state index is 0.890. The Balaban J connectivity index is 2.73. The number of hydrogen-bond donors (Lipinski definition) is 1. The largest absolute Gasteiger partial charge is 0.384 e. The van der Waals surface area contributed by atoms with Crippen molar-refractivity contribution >= 4 is 24.4 Å². The van der Waals surface area contributed by atoms with Gasteiger partial charge in [-0.25, -0.2) is 0 Å². The molecule has 0 aromatic rings. The molecule has 3 heteroatoms. The highest BCUT2D eigenvalue weighted by atomic mass is 32.2. The van der Waals surface area contributed by atoms with Gasteiger partial charge in [0.1, 0.15) is 0 Å². The third-order valence-electron chi connectivity index (χ3n) is 1.63. The smallest absolute Gasteiger partial charge is 0.0552 e. The van der Waals surface area contributed by atoms with E-state index < -0.39 is 0 Å². The zero-order valence-corrected chi connectivity index (χ0v) is 9.63. The molecule has 12 heavy (non-hydrogen) atoms. The van der Waals surface area contributed by atoms with Crippen molar-refractivity contribution < 1.29 is 4.74 Å². The number of hydrogen-bond acceptors (Lipinski definition) is 3. The molecule has 1 nitrogen and oxygen atoms in total. The lowest BCUT2D eigenvalue weighted by Gasteiger charge is -2.00. The van der Waals surface area contributed by atoms with Gasteiger partial charge in [0, 0.05) is 12.9 Å². The fraction of sp³-hybridized carbons (Fsp3) is 1.00. The topological polar surface area (TPSA) is 9.23 Å². The molecule has 0 aromatic carbocycles. The Labute approximate surface area is 86.1 Å². The molecule has 0 amide bonds. The second kappa shape index (κ2) is 11.7. The van der Waals surface area contributed by atoms with E-state index in [0.717, 1.165) is 18.1 Å². The first-order chi connectivity index (χ1) is 5.91. The van der Waals surface area contributed by atoms with Crippen LogP contribution in [-0.2, 0) is 4.74 Å². The van der Waals surface area contributed by atoms with Gasteiger partial charge in [0.15, 0.2) is 0 Å². The van der Waals surface area contributed by atoms with Crippen molar-refractivity contribution in [3.63, 3.8) is 0 Å². The van der Waals surface area contributed by atoms with Gasteiger partial charge in [0.2, 0.25) is 0 Å². The lowest BCUT2D eigenvalue weighted by molar-refractivity contribution is 0.218. The first-order valence-electron chi connectivity index (χ1n) is 4.59. The summed E-state index contributed by atoms with van der Waals surface area (Å²) in [4.78, 5) is 0. The molecule has 0 radical (unpaired) electrons. The molecule has 0 aliphatic carbocycles. The van der Waals surface area contributed by atoms with Crippen LogP contribution in [0, 0.1) is 0 Å².